The van der Waals surface area contributed by atoms with Crippen LogP contribution in [0.25, 0.3) is 0 Å². The maximum atomic E-state index is 12.6. The molecule has 1 heterocycles. The molecule has 0 bridgehead atoms. The van der Waals surface area contributed by atoms with Crippen molar-refractivity contribution in [3.8, 4) is 5.75 Å². The van der Waals surface area contributed by atoms with Crippen molar-refractivity contribution in [2.24, 2.45) is 0 Å². The van der Waals surface area contributed by atoms with E-state index in [1.165, 1.54) is 12.1 Å². The minimum Gasteiger partial charge on any atom is -0.406 e. The molecule has 0 spiro atoms. The number of ether oxygens (including phenoxy) is 1. The predicted molar refractivity (Wildman–Crippen MR) is 80.3 cm³/mol. The molecule has 0 atom stereocenters. The molecular weight excluding hydrogens is 327 g/mol. The first-order valence-electron chi connectivity index (χ1n) is 7.10. The van der Waals surface area contributed by atoms with Gasteiger partial charge in [0.1, 0.15) is 5.75 Å². The first-order valence-corrected chi connectivity index (χ1v) is 8.04. The molecule has 7 heteroatoms. The molecule has 1 aromatic carbocycles. The van der Waals surface area contributed by atoms with E-state index in [1.54, 1.807) is 16.2 Å². The molecule has 1 aromatic heterocycles. The van der Waals surface area contributed by atoms with E-state index < -0.39 is 6.36 Å². The molecule has 23 heavy (non-hydrogen) atoms. The van der Waals surface area contributed by atoms with Crippen LogP contribution in [0.1, 0.15) is 28.8 Å². The Morgan fingerprint density at radius 2 is 1.91 bits per heavy atom. The zero-order valence-electron chi connectivity index (χ0n) is 12.0. The van der Waals surface area contributed by atoms with Crippen molar-refractivity contribution in [3.05, 3.63) is 52.2 Å². The van der Waals surface area contributed by atoms with E-state index in [1.807, 2.05) is 16.8 Å². The molecule has 122 valence electrons. The second-order valence-electron chi connectivity index (χ2n) is 5.37. The van der Waals surface area contributed by atoms with Crippen LogP contribution in [-0.2, 0) is 6.54 Å². The van der Waals surface area contributed by atoms with E-state index in [2.05, 4.69) is 4.74 Å². The summed E-state index contributed by atoms with van der Waals surface area (Å²) in [6.07, 6.45) is -2.80. The van der Waals surface area contributed by atoms with Gasteiger partial charge in [0.25, 0.3) is 5.91 Å². The van der Waals surface area contributed by atoms with E-state index in [-0.39, 0.29) is 17.7 Å². The summed E-state index contributed by atoms with van der Waals surface area (Å²) in [7, 11) is 0. The van der Waals surface area contributed by atoms with Crippen LogP contribution >= 0.6 is 11.3 Å². The third-order valence-electron chi connectivity index (χ3n) is 3.52. The van der Waals surface area contributed by atoms with Gasteiger partial charge < -0.3 is 9.64 Å². The zero-order valence-corrected chi connectivity index (χ0v) is 12.9. The summed E-state index contributed by atoms with van der Waals surface area (Å²) in [5.41, 5.74) is 1.42. The Kier molecular flexibility index (Phi) is 4.30. The third-order valence-corrected chi connectivity index (χ3v) is 4.25. The number of amides is 1. The van der Waals surface area contributed by atoms with Gasteiger partial charge >= 0.3 is 6.36 Å². The molecular formula is C16H14F3NO2S. The monoisotopic (exact) mass is 341 g/mol. The van der Waals surface area contributed by atoms with Crippen molar-refractivity contribution < 1.29 is 22.7 Å². The summed E-state index contributed by atoms with van der Waals surface area (Å²) in [4.78, 5) is 14.4. The quantitative estimate of drug-likeness (QED) is 0.804. The van der Waals surface area contributed by atoms with Crippen LogP contribution in [0.3, 0.4) is 0 Å². The van der Waals surface area contributed by atoms with Gasteiger partial charge in [-0.25, -0.2) is 0 Å². The first kappa shape index (κ1) is 15.9. The summed E-state index contributed by atoms with van der Waals surface area (Å²) >= 11 is 1.57. The van der Waals surface area contributed by atoms with Crippen molar-refractivity contribution in [2.75, 3.05) is 0 Å². The molecule has 0 saturated heterocycles. The lowest BCUT2D eigenvalue weighted by Gasteiger charge is -2.22. The van der Waals surface area contributed by atoms with Gasteiger partial charge in [0.15, 0.2) is 0 Å². The average molecular weight is 341 g/mol. The summed E-state index contributed by atoms with van der Waals surface area (Å²) in [6, 6.07) is 7.24. The summed E-state index contributed by atoms with van der Waals surface area (Å²) in [5.74, 6) is -0.498. The zero-order chi connectivity index (χ0) is 16.4. The smallest absolute Gasteiger partial charge is 0.406 e. The van der Waals surface area contributed by atoms with E-state index in [4.69, 9.17) is 0 Å². The van der Waals surface area contributed by atoms with Crippen molar-refractivity contribution in [1.82, 2.24) is 4.90 Å². The van der Waals surface area contributed by atoms with Crippen LogP contribution in [0.4, 0.5) is 13.2 Å². The van der Waals surface area contributed by atoms with Crippen molar-refractivity contribution in [3.63, 3.8) is 0 Å². The molecule has 1 saturated carbocycles. The Morgan fingerprint density at radius 1 is 1.22 bits per heavy atom. The Morgan fingerprint density at radius 3 is 2.43 bits per heavy atom. The molecule has 1 fully saturated rings. The number of halogens is 3. The Balaban J connectivity index is 1.72. The van der Waals surface area contributed by atoms with Gasteiger partial charge in [0, 0.05) is 18.2 Å². The Bertz CT molecular complexity index is 664. The first-order chi connectivity index (χ1) is 10.9. The predicted octanol–water partition coefficient (Wildman–Crippen LogP) is 4.45. The lowest BCUT2D eigenvalue weighted by Crippen LogP contribution is -2.32. The molecule has 0 radical (unpaired) electrons. The van der Waals surface area contributed by atoms with Crippen LogP contribution in [0.5, 0.6) is 5.75 Å². The summed E-state index contributed by atoms with van der Waals surface area (Å²) in [6.45, 7) is 0.522. The highest BCUT2D eigenvalue weighted by atomic mass is 32.1. The minimum atomic E-state index is -4.73. The van der Waals surface area contributed by atoms with Gasteiger partial charge in [-0.1, -0.05) is 0 Å². The Labute approximate surface area is 135 Å². The number of carbonyl (C=O) groups is 1. The second-order valence-corrected chi connectivity index (χ2v) is 6.15. The molecule has 1 amide bonds. The summed E-state index contributed by atoms with van der Waals surface area (Å²) < 4.78 is 40.3. The maximum absolute atomic E-state index is 12.6. The van der Waals surface area contributed by atoms with E-state index in [9.17, 15) is 18.0 Å². The van der Waals surface area contributed by atoms with Crippen LogP contribution < -0.4 is 4.74 Å². The molecule has 1 aliphatic carbocycles. The molecule has 1 aliphatic rings. The fraction of sp³-hybridized carbons (Fsp3) is 0.312. The topological polar surface area (TPSA) is 29.5 Å². The largest absolute Gasteiger partial charge is 0.573 e. The number of benzene rings is 1. The van der Waals surface area contributed by atoms with E-state index >= 15 is 0 Å². The lowest BCUT2D eigenvalue weighted by molar-refractivity contribution is -0.274. The van der Waals surface area contributed by atoms with Gasteiger partial charge in [-0.15, -0.1) is 13.2 Å². The molecule has 0 unspecified atom stereocenters. The maximum Gasteiger partial charge on any atom is 0.573 e. The molecule has 0 aliphatic heterocycles. The van der Waals surface area contributed by atoms with Crippen molar-refractivity contribution in [2.45, 2.75) is 31.8 Å². The number of thiophene rings is 1. The molecule has 3 nitrogen and oxygen atoms in total. The SMILES string of the molecule is O=C(c1ccc(OC(F)(F)F)cc1)N(Cc1ccsc1)C1CC1. The van der Waals surface area contributed by atoms with Gasteiger partial charge in [-0.2, -0.15) is 11.3 Å². The van der Waals surface area contributed by atoms with Crippen LogP contribution in [0.2, 0.25) is 0 Å². The van der Waals surface area contributed by atoms with Crippen LogP contribution in [-0.4, -0.2) is 23.2 Å². The minimum absolute atomic E-state index is 0.169. The fourth-order valence-corrected chi connectivity index (χ4v) is 2.96. The molecule has 3 rings (SSSR count). The van der Waals surface area contributed by atoms with Crippen molar-refractivity contribution in [1.29, 1.82) is 0 Å². The highest BCUT2D eigenvalue weighted by Crippen LogP contribution is 2.31. The number of nitrogens with zero attached hydrogens (tertiary/aromatic N) is 1. The van der Waals surface area contributed by atoms with Crippen molar-refractivity contribution >= 4 is 17.2 Å². The van der Waals surface area contributed by atoms with Gasteiger partial charge in [-0.05, 0) is 59.5 Å². The Hall–Kier alpha value is -2.02. The van der Waals surface area contributed by atoms with Gasteiger partial charge in [-0.3, -0.25) is 4.79 Å². The van der Waals surface area contributed by atoms with Gasteiger partial charge in [0.05, 0.1) is 0 Å². The fourth-order valence-electron chi connectivity index (χ4n) is 2.30. The normalized spacial score (nSPS) is 14.6. The van der Waals surface area contributed by atoms with E-state index in [0.717, 1.165) is 30.5 Å². The molecule has 2 aromatic rings. The number of alkyl halides is 3. The number of hydrogen-bond acceptors (Lipinski definition) is 3. The van der Waals surface area contributed by atoms with Gasteiger partial charge in [0.2, 0.25) is 0 Å². The van der Waals surface area contributed by atoms with E-state index in [0.29, 0.717) is 12.1 Å². The number of rotatable bonds is 5. The summed E-state index contributed by atoms with van der Waals surface area (Å²) in [5, 5.41) is 3.94. The standard InChI is InChI=1S/C16H14F3NO2S/c17-16(18,19)22-14-5-1-12(2-6-14)15(21)20(13-3-4-13)9-11-7-8-23-10-11/h1-2,5-8,10,13H,3-4,9H2. The highest BCUT2D eigenvalue weighted by Gasteiger charge is 2.34. The average Bonchev–Trinajstić information content (AvgIpc) is 3.20. The molecule has 0 N–H and O–H groups in total. The second kappa shape index (κ2) is 6.23. The number of hydrogen-bond donors (Lipinski definition) is 0. The van der Waals surface area contributed by atoms with Crippen LogP contribution in [0, 0.1) is 0 Å². The highest BCUT2D eigenvalue weighted by molar-refractivity contribution is 7.07. The third kappa shape index (κ3) is 4.25. The number of carbonyl (C=O) groups excluding carboxylic acids is 1. The lowest BCUT2D eigenvalue weighted by atomic mass is 10.1. The van der Waals surface area contributed by atoms with Crippen LogP contribution in [0.15, 0.2) is 41.1 Å².